The molecule has 16 heteroatoms. The average molecular weight is 989 g/mol. The smallest absolute Gasteiger partial charge is 0.156 e. The van der Waals surface area contributed by atoms with Gasteiger partial charge in [-0.2, -0.15) is 11.8 Å². The number of aliphatic hydroxyl groups is 2. The minimum absolute atomic E-state index is 0.0113. The van der Waals surface area contributed by atoms with Crippen LogP contribution in [0.3, 0.4) is 0 Å². The number of hydrogen-bond acceptors (Lipinski definition) is 12. The molecule has 0 saturated carbocycles. The Morgan fingerprint density at radius 1 is 0.643 bits per heavy atom. The van der Waals surface area contributed by atoms with Gasteiger partial charge in [-0.3, -0.25) is 0 Å². The SMILES string of the molecule is CSc1cc(SC)c(CCSC(C)(O)COc2c(Cl)cc(-c3cc(Cl)c(OCC(O)CSC(C)c4c(SC)cc(SC)cc4SC)c(Cl)c3)cc2Cl)c(SC)c1. The molecule has 3 atom stereocenters. The first-order chi connectivity index (χ1) is 26.7. The Kier molecular flexibility index (Phi) is 20.6. The van der Waals surface area contributed by atoms with Crippen molar-refractivity contribution < 1.29 is 19.7 Å². The molecule has 2 N–H and O–H groups in total. The first kappa shape index (κ1) is 49.0. The van der Waals surface area contributed by atoms with Crippen LogP contribution in [0, 0.1) is 0 Å². The molecule has 0 aromatic heterocycles. The number of hydrogen-bond donors (Lipinski definition) is 2. The van der Waals surface area contributed by atoms with E-state index in [0.717, 1.165) is 6.42 Å². The van der Waals surface area contributed by atoms with E-state index in [1.807, 2.05) is 0 Å². The third-order valence-corrected chi connectivity index (χ3v) is 16.7. The van der Waals surface area contributed by atoms with Crippen LogP contribution >= 0.6 is 140 Å². The molecule has 0 saturated heterocycles. The molecular weight excluding hydrogens is 943 g/mol. The minimum Gasteiger partial charge on any atom is -0.488 e. The number of benzene rings is 4. The Morgan fingerprint density at radius 3 is 1.50 bits per heavy atom. The molecule has 0 radical (unpaired) electrons. The number of thioether (sulfide) groups is 8. The zero-order chi connectivity index (χ0) is 41.2. The van der Waals surface area contributed by atoms with Gasteiger partial charge in [0.1, 0.15) is 18.1 Å². The van der Waals surface area contributed by atoms with E-state index in [-0.39, 0.29) is 34.3 Å². The lowest BCUT2D eigenvalue weighted by Gasteiger charge is -2.24. The molecular formula is C40H46Cl4O4S8. The third kappa shape index (κ3) is 13.4. The predicted molar refractivity (Wildman–Crippen MR) is 260 cm³/mol. The topological polar surface area (TPSA) is 58.9 Å². The van der Waals surface area contributed by atoms with Crippen molar-refractivity contribution >= 4 is 140 Å². The lowest BCUT2D eigenvalue weighted by Crippen LogP contribution is -2.29. The van der Waals surface area contributed by atoms with Gasteiger partial charge >= 0.3 is 0 Å². The van der Waals surface area contributed by atoms with Gasteiger partial charge < -0.3 is 19.7 Å². The van der Waals surface area contributed by atoms with E-state index in [0.29, 0.717) is 38.4 Å². The van der Waals surface area contributed by atoms with E-state index in [2.05, 4.69) is 68.7 Å². The summed E-state index contributed by atoms with van der Waals surface area (Å²) < 4.78 is 12.0. The lowest BCUT2D eigenvalue weighted by molar-refractivity contribution is 0.0924. The van der Waals surface area contributed by atoms with Gasteiger partial charge in [-0.05, 0) is 129 Å². The normalized spacial score (nSPS) is 13.8. The van der Waals surface area contributed by atoms with Crippen molar-refractivity contribution in [2.24, 2.45) is 0 Å². The fourth-order valence-electron chi connectivity index (χ4n) is 5.67. The van der Waals surface area contributed by atoms with Crippen molar-refractivity contribution in [1.82, 2.24) is 0 Å². The van der Waals surface area contributed by atoms with Gasteiger partial charge in [-0.15, -0.1) is 82.3 Å². The highest BCUT2D eigenvalue weighted by atomic mass is 35.5. The van der Waals surface area contributed by atoms with Crippen LogP contribution in [0.2, 0.25) is 20.1 Å². The van der Waals surface area contributed by atoms with E-state index in [1.165, 1.54) is 52.3 Å². The quantitative estimate of drug-likeness (QED) is 0.0618. The molecule has 0 aliphatic carbocycles. The standard InChI is InChI=1S/C40H46Cl4O4S8/c1-22(37-35(53-7)17-27(50-4)18-36(37)54-8)55-20-25(45)19-47-38-29(41)11-23(12-30(38)42)24-13-31(43)39(32(44)14-24)48-21-40(2,46)56-10-9-28-33(51-5)15-26(49-3)16-34(28)52-6/h11-18,22,25,45-46H,9-10,19-21H2,1-8H3. The summed E-state index contributed by atoms with van der Waals surface area (Å²) in [6, 6.07) is 15.8. The van der Waals surface area contributed by atoms with Crippen molar-refractivity contribution in [3.63, 3.8) is 0 Å². The Bertz CT molecular complexity index is 1850. The lowest BCUT2D eigenvalue weighted by atomic mass is 10.1. The Morgan fingerprint density at radius 2 is 1.07 bits per heavy atom. The number of halogens is 4. The summed E-state index contributed by atoms with van der Waals surface area (Å²) in [6.07, 6.45) is 12.7. The molecule has 0 amide bonds. The highest BCUT2D eigenvalue weighted by Gasteiger charge is 2.25. The van der Waals surface area contributed by atoms with Gasteiger partial charge in [0.25, 0.3) is 0 Å². The van der Waals surface area contributed by atoms with Crippen molar-refractivity contribution in [2.45, 2.75) is 65.9 Å². The van der Waals surface area contributed by atoms with Crippen LogP contribution in [-0.4, -0.2) is 83.5 Å². The maximum atomic E-state index is 11.2. The Balaban J connectivity index is 1.35. The molecule has 4 aromatic carbocycles. The summed E-state index contributed by atoms with van der Waals surface area (Å²) in [4.78, 5) is 6.35. The van der Waals surface area contributed by atoms with Crippen molar-refractivity contribution in [3.8, 4) is 22.6 Å². The Labute approximate surface area is 386 Å². The molecule has 306 valence electrons. The summed E-state index contributed by atoms with van der Waals surface area (Å²) in [7, 11) is 0. The second-order valence-electron chi connectivity index (χ2n) is 12.5. The molecule has 0 heterocycles. The zero-order valence-electron chi connectivity index (χ0n) is 32.3. The highest BCUT2D eigenvalue weighted by Crippen LogP contribution is 2.45. The minimum atomic E-state index is -1.18. The summed E-state index contributed by atoms with van der Waals surface area (Å²) in [5.41, 5.74) is 3.95. The summed E-state index contributed by atoms with van der Waals surface area (Å²) >= 11 is 40.3. The largest absolute Gasteiger partial charge is 0.488 e. The number of ether oxygens (including phenoxy) is 2. The van der Waals surface area contributed by atoms with Crippen molar-refractivity contribution in [1.29, 1.82) is 0 Å². The van der Waals surface area contributed by atoms with Crippen LogP contribution in [0.4, 0.5) is 0 Å². The van der Waals surface area contributed by atoms with Gasteiger partial charge in [0.15, 0.2) is 11.5 Å². The molecule has 4 rings (SSSR count). The van der Waals surface area contributed by atoms with Crippen LogP contribution in [0.5, 0.6) is 11.5 Å². The molecule has 0 spiro atoms. The van der Waals surface area contributed by atoms with Gasteiger partial charge in [-0.25, -0.2) is 0 Å². The molecule has 56 heavy (non-hydrogen) atoms. The fourth-order valence-corrected chi connectivity index (χ4v) is 13.2. The zero-order valence-corrected chi connectivity index (χ0v) is 41.9. The highest BCUT2D eigenvalue weighted by molar-refractivity contribution is 8.01. The van der Waals surface area contributed by atoms with E-state index in [9.17, 15) is 10.2 Å². The Hall–Kier alpha value is 0.360. The van der Waals surface area contributed by atoms with Crippen molar-refractivity contribution in [3.05, 3.63) is 79.7 Å². The molecule has 4 aromatic rings. The van der Waals surface area contributed by atoms with E-state index in [1.54, 1.807) is 114 Å². The fraction of sp³-hybridized carbons (Fsp3) is 0.400. The van der Waals surface area contributed by atoms with Gasteiger partial charge in [0.2, 0.25) is 0 Å². The number of rotatable bonds is 21. The van der Waals surface area contributed by atoms with Gasteiger partial charge in [-0.1, -0.05) is 46.4 Å². The van der Waals surface area contributed by atoms with Crippen LogP contribution in [0.1, 0.15) is 30.2 Å². The summed E-state index contributed by atoms with van der Waals surface area (Å²) in [5, 5.41) is 23.4. The molecule has 4 nitrogen and oxygen atoms in total. The maximum Gasteiger partial charge on any atom is 0.156 e. The van der Waals surface area contributed by atoms with Crippen LogP contribution in [0.25, 0.3) is 11.1 Å². The van der Waals surface area contributed by atoms with Crippen molar-refractivity contribution in [2.75, 3.05) is 62.3 Å². The summed E-state index contributed by atoms with van der Waals surface area (Å²) in [6.45, 7) is 3.93. The maximum absolute atomic E-state index is 11.2. The van der Waals surface area contributed by atoms with E-state index >= 15 is 0 Å². The molecule has 3 unspecified atom stereocenters. The molecule has 0 bridgehead atoms. The van der Waals surface area contributed by atoms with Crippen LogP contribution in [-0.2, 0) is 6.42 Å². The first-order valence-electron chi connectivity index (χ1n) is 17.2. The van der Waals surface area contributed by atoms with Gasteiger partial charge in [0, 0.05) is 46.1 Å². The van der Waals surface area contributed by atoms with E-state index < -0.39 is 11.0 Å². The third-order valence-electron chi connectivity index (χ3n) is 8.51. The second-order valence-corrected chi connectivity index (χ2v) is 22.2. The van der Waals surface area contributed by atoms with Crippen LogP contribution < -0.4 is 9.47 Å². The second kappa shape index (κ2) is 23.5. The summed E-state index contributed by atoms with van der Waals surface area (Å²) in [5.74, 6) is 1.76. The average Bonchev–Trinajstić information content (AvgIpc) is 3.18. The number of aliphatic hydroxyl groups excluding tert-OH is 1. The van der Waals surface area contributed by atoms with E-state index in [4.69, 9.17) is 55.9 Å². The van der Waals surface area contributed by atoms with Gasteiger partial charge in [0.05, 0.1) is 26.2 Å². The molecule has 0 aliphatic rings. The first-order valence-corrected chi connectivity index (χ1v) is 28.1. The molecule has 0 fully saturated rings. The predicted octanol–water partition coefficient (Wildman–Crippen LogP) is 14.6. The monoisotopic (exact) mass is 986 g/mol. The molecule has 0 aliphatic heterocycles. The van der Waals surface area contributed by atoms with Crippen LogP contribution in [0.15, 0.2) is 77.9 Å².